The Morgan fingerprint density at radius 1 is 0.327 bits per heavy atom. The Morgan fingerprint density at radius 3 is 0.655 bits per heavy atom. The first-order valence-electron chi connectivity index (χ1n) is 19.9. The molecule has 0 saturated carbocycles. The fourth-order valence-corrected chi connectivity index (χ4v) is 23.7. The predicted octanol–water partition coefficient (Wildman–Crippen LogP) is 7.40. The van der Waals surface area contributed by atoms with E-state index in [4.69, 9.17) is 6.96 Å². The van der Waals surface area contributed by atoms with Gasteiger partial charge in [0.1, 0.15) is 0 Å². The topological polar surface area (TPSA) is 52.6 Å². The molecule has 0 aromatic heterocycles. The zero-order chi connectivity index (χ0) is 39.1. The van der Waals surface area contributed by atoms with Crippen LogP contribution in [0.4, 0.5) is 0 Å². The van der Waals surface area contributed by atoms with Crippen LogP contribution in [0.1, 0.15) is 74.9 Å². The van der Waals surface area contributed by atoms with Crippen LogP contribution < -0.4 is 31.1 Å². The van der Waals surface area contributed by atoms with E-state index in [0.29, 0.717) is 0 Å². The Bertz CT molecular complexity index is 1960. The predicted molar refractivity (Wildman–Crippen MR) is 228 cm³/mol. The van der Waals surface area contributed by atoms with Crippen LogP contribution in [0.25, 0.3) is 0 Å². The third kappa shape index (κ3) is 7.67. The molecule has 0 amide bonds. The van der Waals surface area contributed by atoms with Crippen LogP contribution in [-0.2, 0) is 66.7 Å². The molecule has 0 aliphatic heterocycles. The molecular weight excluding hydrogens is 749 g/mol. The van der Waals surface area contributed by atoms with Gasteiger partial charge in [0.05, 0.1) is 0 Å². The second-order valence-corrected chi connectivity index (χ2v) is 23.1. The van der Waals surface area contributed by atoms with Gasteiger partial charge in [-0.2, -0.15) is 0 Å². The van der Waals surface area contributed by atoms with Gasteiger partial charge >= 0.3 is 335 Å². The van der Waals surface area contributed by atoms with E-state index < -0.39 is 30.2 Å². The van der Waals surface area contributed by atoms with Crippen molar-refractivity contribution in [3.8, 4) is 0 Å². The van der Waals surface area contributed by atoms with Gasteiger partial charge in [-0.25, -0.2) is 0 Å². The summed E-state index contributed by atoms with van der Waals surface area (Å²) in [5.74, 6) is 0. The van der Waals surface area contributed by atoms with E-state index in [2.05, 4.69) is 114 Å². The molecule has 0 atom stereocenters. The van der Waals surface area contributed by atoms with Crippen LogP contribution in [0.3, 0.4) is 0 Å². The summed E-state index contributed by atoms with van der Waals surface area (Å²) in [5.41, 5.74) is 6.45. The van der Waals surface area contributed by atoms with Crippen LogP contribution in [0, 0.1) is 0 Å². The first-order chi connectivity index (χ1) is 26.7. The first kappa shape index (κ1) is 40.5. The summed E-state index contributed by atoms with van der Waals surface area (Å²) in [4.78, 5) is 0. The summed E-state index contributed by atoms with van der Waals surface area (Å²) in [7, 11) is -7.76. The number of hydrogen-bond donors (Lipinski definition) is 0. The number of hydrogen-bond acceptors (Lipinski definition) is 4. The molecule has 0 aliphatic carbocycles. The summed E-state index contributed by atoms with van der Waals surface area (Å²) in [6, 6.07) is 49.7. The Morgan fingerprint density at radius 2 is 0.491 bits per heavy atom. The summed E-state index contributed by atoms with van der Waals surface area (Å²) in [6.45, 7) is 12.8. The van der Waals surface area contributed by atoms with Crippen LogP contribution >= 0.6 is 0 Å². The molecule has 55 heavy (non-hydrogen) atoms. The Balaban J connectivity index is 1.76. The van der Waals surface area contributed by atoms with Gasteiger partial charge in [0, 0.05) is 0 Å². The summed E-state index contributed by atoms with van der Waals surface area (Å²) >= 11 is -5.93. The van der Waals surface area contributed by atoms with Gasteiger partial charge in [0.2, 0.25) is 0 Å². The SMILES string of the molecule is CCc1ccccc1[Si]([O][Cr](=[O])(=[O])[O][Si](c1ccccc1CC)(c1ccccc1CC)c1ccccc1CC)(c1ccccc1CC)c1ccccc1CC. The molecule has 0 spiro atoms. The average molecular weight is 803 g/mol. The van der Waals surface area contributed by atoms with Crippen LogP contribution in [0.2, 0.25) is 0 Å². The summed E-state index contributed by atoms with van der Waals surface area (Å²) < 4.78 is 46.7. The van der Waals surface area contributed by atoms with Crippen molar-refractivity contribution in [2.24, 2.45) is 0 Å². The van der Waals surface area contributed by atoms with Gasteiger partial charge in [-0.05, 0) is 0 Å². The number of benzene rings is 6. The molecule has 7 heteroatoms. The molecule has 0 unspecified atom stereocenters. The maximum atomic E-state index is 16.0. The molecule has 0 bridgehead atoms. The van der Waals surface area contributed by atoms with Gasteiger partial charge < -0.3 is 0 Å². The Labute approximate surface area is 333 Å². The summed E-state index contributed by atoms with van der Waals surface area (Å²) in [5, 5.41) is 5.67. The zero-order valence-corrected chi connectivity index (χ0v) is 36.4. The maximum absolute atomic E-state index is 16.0. The Hall–Kier alpha value is -4.19. The minimum absolute atomic E-state index is 0.724. The monoisotopic (exact) mass is 802 g/mol. The molecule has 0 aliphatic rings. The molecule has 0 saturated heterocycles. The third-order valence-electron chi connectivity index (χ3n) is 11.1. The molecule has 0 heterocycles. The number of aryl methyl sites for hydroxylation is 6. The number of rotatable bonds is 16. The van der Waals surface area contributed by atoms with Crippen LogP contribution in [0.5, 0.6) is 0 Å². The van der Waals surface area contributed by atoms with Gasteiger partial charge in [-0.15, -0.1) is 0 Å². The molecule has 0 radical (unpaired) electrons. The van der Waals surface area contributed by atoms with Crippen molar-refractivity contribution >= 4 is 47.8 Å². The van der Waals surface area contributed by atoms with Gasteiger partial charge in [-0.3, -0.25) is 0 Å². The minimum atomic E-state index is -5.93. The Kier molecular flexibility index (Phi) is 13.0. The fraction of sp³-hybridized carbons (Fsp3) is 0.250. The summed E-state index contributed by atoms with van der Waals surface area (Å²) in [6.07, 6.45) is 4.35. The van der Waals surface area contributed by atoms with E-state index in [-0.39, 0.29) is 0 Å². The molecule has 0 N–H and O–H groups in total. The van der Waals surface area contributed by atoms with Crippen molar-refractivity contribution in [3.63, 3.8) is 0 Å². The average Bonchev–Trinajstić information content (AvgIpc) is 3.24. The molecule has 6 aromatic carbocycles. The second-order valence-electron chi connectivity index (χ2n) is 14.0. The van der Waals surface area contributed by atoms with Crippen molar-refractivity contribution in [2.75, 3.05) is 0 Å². The second kappa shape index (κ2) is 17.7. The molecule has 0 fully saturated rings. The quantitative estimate of drug-likeness (QED) is 0.0757. The van der Waals surface area contributed by atoms with Crippen LogP contribution in [-0.4, -0.2) is 16.6 Å². The molecule has 284 valence electrons. The molecule has 6 aromatic rings. The van der Waals surface area contributed by atoms with Crippen LogP contribution in [0.15, 0.2) is 146 Å². The van der Waals surface area contributed by atoms with Gasteiger partial charge in [-0.1, -0.05) is 0 Å². The van der Waals surface area contributed by atoms with Crippen molar-refractivity contribution in [1.29, 1.82) is 0 Å². The van der Waals surface area contributed by atoms with E-state index in [1.54, 1.807) is 0 Å². The fourth-order valence-electron chi connectivity index (χ4n) is 8.50. The van der Waals surface area contributed by atoms with Crippen molar-refractivity contribution in [3.05, 3.63) is 179 Å². The van der Waals surface area contributed by atoms with E-state index in [9.17, 15) is 0 Å². The molecule has 6 rings (SSSR count). The third-order valence-corrected chi connectivity index (χ3v) is 23.8. The van der Waals surface area contributed by atoms with Crippen molar-refractivity contribution in [1.82, 2.24) is 0 Å². The standard InChI is InChI=1S/2C24H27OSi.Cr.2O/c2*1-4-19-13-7-10-16-22(19)26(25,23-17-11-8-14-20(23)5-2)24-18-12-9-15-21(24)6-3;;;/h2*7-18H,4-6H2,1-3H3;;;/q2*-1;+2;;. The van der Waals surface area contributed by atoms with Gasteiger partial charge in [0.15, 0.2) is 0 Å². The van der Waals surface area contributed by atoms with E-state index >= 15 is 7.61 Å². The van der Waals surface area contributed by atoms with E-state index in [1.165, 1.54) is 0 Å². The zero-order valence-electron chi connectivity index (χ0n) is 33.1. The normalized spacial score (nSPS) is 12.2. The van der Waals surface area contributed by atoms with E-state index in [1.807, 2.05) is 72.8 Å². The van der Waals surface area contributed by atoms with E-state index in [0.717, 1.165) is 103 Å². The van der Waals surface area contributed by atoms with Crippen molar-refractivity contribution in [2.45, 2.75) is 80.1 Å². The first-order valence-corrected chi connectivity index (χ1v) is 25.8. The molecular formula is C48H54CrO4Si2. The van der Waals surface area contributed by atoms with Gasteiger partial charge in [0.25, 0.3) is 0 Å². The van der Waals surface area contributed by atoms with Crippen molar-refractivity contribution < 1.29 is 28.2 Å². The molecule has 4 nitrogen and oxygen atoms in total.